The lowest BCUT2D eigenvalue weighted by molar-refractivity contribution is 0.402. The molecule has 3 rings (SSSR count). The van der Waals surface area contributed by atoms with Gasteiger partial charge in [-0.1, -0.05) is 12.1 Å². The van der Waals surface area contributed by atoms with Crippen molar-refractivity contribution in [1.29, 1.82) is 0 Å². The number of nitrogens with zero attached hydrogens (tertiary/aromatic N) is 5. The van der Waals surface area contributed by atoms with E-state index in [0.717, 1.165) is 30.0 Å². The molecule has 0 amide bonds. The third-order valence-electron chi connectivity index (χ3n) is 3.59. The summed E-state index contributed by atoms with van der Waals surface area (Å²) < 4.78 is 1.88. The third kappa shape index (κ3) is 3.97. The van der Waals surface area contributed by atoms with Crippen LogP contribution < -0.4 is 5.32 Å². The normalized spacial score (nSPS) is 11.0. The molecule has 0 aliphatic rings. The van der Waals surface area contributed by atoms with Gasteiger partial charge in [0.2, 0.25) is 5.95 Å². The van der Waals surface area contributed by atoms with Crippen molar-refractivity contribution in [3.8, 4) is 11.3 Å². The Labute approximate surface area is 142 Å². The van der Waals surface area contributed by atoms with Crippen LogP contribution in [0.25, 0.3) is 11.3 Å². The summed E-state index contributed by atoms with van der Waals surface area (Å²) in [6.45, 7) is 3.80. The summed E-state index contributed by atoms with van der Waals surface area (Å²) in [6.07, 6.45) is 5.58. The molecule has 0 saturated heterocycles. The van der Waals surface area contributed by atoms with Gasteiger partial charge in [-0.15, -0.1) is 0 Å². The zero-order chi connectivity index (χ0) is 16.9. The Bertz CT molecular complexity index is 809. The second-order valence-electron chi connectivity index (χ2n) is 5.91. The monoisotopic (exact) mass is 322 g/mol. The molecule has 0 spiro atoms. The summed E-state index contributed by atoms with van der Waals surface area (Å²) in [6, 6.07) is 10.2. The lowest BCUT2D eigenvalue weighted by atomic mass is 10.2. The van der Waals surface area contributed by atoms with E-state index in [1.165, 1.54) is 5.56 Å². The maximum atomic E-state index is 4.59. The first-order valence-electron chi connectivity index (χ1n) is 8.00. The molecule has 0 fully saturated rings. The predicted octanol–water partition coefficient (Wildman–Crippen LogP) is 3.17. The van der Waals surface area contributed by atoms with Crippen molar-refractivity contribution in [1.82, 2.24) is 24.6 Å². The van der Waals surface area contributed by atoms with Crippen LogP contribution in [0.4, 0.5) is 11.6 Å². The highest BCUT2D eigenvalue weighted by Crippen LogP contribution is 2.20. The van der Waals surface area contributed by atoms with Crippen molar-refractivity contribution in [2.75, 3.05) is 19.4 Å². The molecular formula is C18H22N6. The minimum atomic E-state index is 0.582. The number of aryl methyl sites for hydroxylation is 1. The zero-order valence-electron chi connectivity index (χ0n) is 14.3. The topological polar surface area (TPSA) is 58.9 Å². The zero-order valence-corrected chi connectivity index (χ0v) is 14.3. The maximum Gasteiger partial charge on any atom is 0.227 e. The van der Waals surface area contributed by atoms with E-state index in [-0.39, 0.29) is 0 Å². The first kappa shape index (κ1) is 16.1. The van der Waals surface area contributed by atoms with E-state index < -0.39 is 0 Å². The van der Waals surface area contributed by atoms with E-state index in [0.29, 0.717) is 5.95 Å². The minimum Gasteiger partial charge on any atom is -0.324 e. The summed E-state index contributed by atoms with van der Waals surface area (Å²) in [5.41, 5.74) is 4.07. The molecule has 0 atom stereocenters. The Hall–Kier alpha value is -2.73. The van der Waals surface area contributed by atoms with E-state index in [1.54, 1.807) is 6.20 Å². The molecule has 24 heavy (non-hydrogen) atoms. The highest BCUT2D eigenvalue weighted by Gasteiger charge is 2.06. The summed E-state index contributed by atoms with van der Waals surface area (Å²) in [5.74, 6) is 0.582. The molecular weight excluding hydrogens is 300 g/mol. The Morgan fingerprint density at radius 1 is 1.21 bits per heavy atom. The summed E-state index contributed by atoms with van der Waals surface area (Å²) in [5, 5.41) is 7.58. The maximum absolute atomic E-state index is 4.59. The fraction of sp³-hybridized carbons (Fsp3) is 0.278. The molecule has 124 valence electrons. The van der Waals surface area contributed by atoms with Gasteiger partial charge in [-0.05, 0) is 44.8 Å². The van der Waals surface area contributed by atoms with Gasteiger partial charge >= 0.3 is 0 Å². The molecule has 2 aromatic heterocycles. The standard InChI is InChI=1S/C18H22N6/c1-4-24-13-15(11-20-24)17-8-9-19-18(22-17)21-16-7-5-6-14(10-16)12-23(2)3/h5-11,13H,4,12H2,1-3H3,(H,19,21,22). The minimum absolute atomic E-state index is 0.582. The SMILES string of the molecule is CCn1cc(-c2ccnc(Nc3cccc(CN(C)C)c3)n2)cn1. The average molecular weight is 322 g/mol. The molecule has 3 aromatic rings. The van der Waals surface area contributed by atoms with Gasteiger partial charge in [0.15, 0.2) is 0 Å². The molecule has 1 aromatic carbocycles. The van der Waals surface area contributed by atoms with Crippen molar-refractivity contribution in [3.63, 3.8) is 0 Å². The summed E-state index contributed by atoms with van der Waals surface area (Å²) >= 11 is 0. The van der Waals surface area contributed by atoms with Crippen LogP contribution in [0.1, 0.15) is 12.5 Å². The van der Waals surface area contributed by atoms with Crippen LogP contribution in [0, 0.1) is 0 Å². The number of aromatic nitrogens is 4. The number of nitrogens with one attached hydrogen (secondary N) is 1. The van der Waals surface area contributed by atoms with E-state index in [4.69, 9.17) is 0 Å². The molecule has 0 aliphatic heterocycles. The number of rotatable bonds is 6. The fourth-order valence-corrected chi connectivity index (χ4v) is 2.49. The second-order valence-corrected chi connectivity index (χ2v) is 5.91. The van der Waals surface area contributed by atoms with E-state index in [9.17, 15) is 0 Å². The van der Waals surface area contributed by atoms with Crippen molar-refractivity contribution in [2.24, 2.45) is 0 Å². The molecule has 0 radical (unpaired) electrons. The highest BCUT2D eigenvalue weighted by atomic mass is 15.3. The highest BCUT2D eigenvalue weighted by molar-refractivity contribution is 5.60. The first-order valence-corrected chi connectivity index (χ1v) is 8.00. The molecule has 2 heterocycles. The van der Waals surface area contributed by atoms with E-state index in [1.807, 2.05) is 35.3 Å². The van der Waals surface area contributed by atoms with Crippen molar-refractivity contribution in [3.05, 3.63) is 54.5 Å². The van der Waals surface area contributed by atoms with Crippen LogP contribution in [-0.4, -0.2) is 38.7 Å². The lowest BCUT2D eigenvalue weighted by Gasteiger charge is -2.11. The van der Waals surface area contributed by atoms with Gasteiger partial charge in [-0.25, -0.2) is 9.97 Å². The van der Waals surface area contributed by atoms with Crippen LogP contribution in [0.5, 0.6) is 0 Å². The number of anilines is 2. The molecule has 6 nitrogen and oxygen atoms in total. The Morgan fingerprint density at radius 3 is 2.83 bits per heavy atom. The lowest BCUT2D eigenvalue weighted by Crippen LogP contribution is -2.10. The Kier molecular flexibility index (Phi) is 4.86. The van der Waals surface area contributed by atoms with Gasteiger partial charge in [-0.3, -0.25) is 4.68 Å². The Balaban J connectivity index is 1.79. The number of hydrogen-bond acceptors (Lipinski definition) is 5. The van der Waals surface area contributed by atoms with Gasteiger partial charge in [0.25, 0.3) is 0 Å². The molecule has 1 N–H and O–H groups in total. The van der Waals surface area contributed by atoms with Crippen molar-refractivity contribution >= 4 is 11.6 Å². The number of hydrogen-bond donors (Lipinski definition) is 1. The molecule has 0 unspecified atom stereocenters. The van der Waals surface area contributed by atoms with Gasteiger partial charge in [0.05, 0.1) is 11.9 Å². The molecule has 0 saturated carbocycles. The average Bonchev–Trinajstić information content (AvgIpc) is 3.04. The van der Waals surface area contributed by atoms with Crippen LogP contribution in [-0.2, 0) is 13.1 Å². The predicted molar refractivity (Wildman–Crippen MR) is 96.0 cm³/mol. The second kappa shape index (κ2) is 7.23. The third-order valence-corrected chi connectivity index (χ3v) is 3.59. The molecule has 6 heteroatoms. The van der Waals surface area contributed by atoms with Crippen molar-refractivity contribution < 1.29 is 0 Å². The largest absolute Gasteiger partial charge is 0.324 e. The van der Waals surface area contributed by atoms with Gasteiger partial charge in [-0.2, -0.15) is 5.10 Å². The first-order chi connectivity index (χ1) is 11.6. The smallest absolute Gasteiger partial charge is 0.227 e. The summed E-state index contributed by atoms with van der Waals surface area (Å²) in [4.78, 5) is 11.0. The van der Waals surface area contributed by atoms with Crippen LogP contribution >= 0.6 is 0 Å². The van der Waals surface area contributed by atoms with Gasteiger partial charge < -0.3 is 10.2 Å². The van der Waals surface area contributed by atoms with E-state index in [2.05, 4.69) is 58.4 Å². The van der Waals surface area contributed by atoms with Crippen LogP contribution in [0.3, 0.4) is 0 Å². The van der Waals surface area contributed by atoms with Gasteiger partial charge in [0, 0.05) is 36.7 Å². The van der Waals surface area contributed by atoms with E-state index >= 15 is 0 Å². The number of benzene rings is 1. The summed E-state index contributed by atoms with van der Waals surface area (Å²) in [7, 11) is 4.12. The fourth-order valence-electron chi connectivity index (χ4n) is 2.49. The van der Waals surface area contributed by atoms with Crippen molar-refractivity contribution in [2.45, 2.75) is 20.0 Å². The Morgan fingerprint density at radius 2 is 2.08 bits per heavy atom. The van der Waals surface area contributed by atoms with Crippen LogP contribution in [0.15, 0.2) is 48.9 Å². The van der Waals surface area contributed by atoms with Crippen LogP contribution in [0.2, 0.25) is 0 Å². The molecule has 0 aliphatic carbocycles. The quantitative estimate of drug-likeness (QED) is 0.755. The molecule has 0 bridgehead atoms. The van der Waals surface area contributed by atoms with Gasteiger partial charge in [0.1, 0.15) is 0 Å².